The Kier molecular flexibility index (Phi) is 11.8. The molecule has 0 atom stereocenters. The van der Waals surface area contributed by atoms with Crippen molar-refractivity contribution in [3.63, 3.8) is 0 Å². The number of allylic oxidation sites excluding steroid dienone is 1. The normalized spacial score (nSPS) is 13.4. The molecule has 2 heteroatoms. The first kappa shape index (κ1) is 23.5. The lowest BCUT2D eigenvalue weighted by atomic mass is 10.0. The highest BCUT2D eigenvalue weighted by molar-refractivity contribution is 7.99. The Morgan fingerprint density at radius 2 is 1.41 bits per heavy atom. The molecule has 1 aromatic carbocycles. The minimum Gasteiger partial charge on any atom is -0.264 e. The van der Waals surface area contributed by atoms with E-state index in [4.69, 9.17) is 0 Å². The number of nitrogens with zero attached hydrogens (tertiary/aromatic N) is 1. The minimum absolute atomic E-state index is 0.596. The van der Waals surface area contributed by atoms with Crippen molar-refractivity contribution in [1.29, 1.82) is 0 Å². The summed E-state index contributed by atoms with van der Waals surface area (Å²) in [6.45, 7) is 13.3. The average Bonchev–Trinajstić information content (AvgIpc) is 2.71. The van der Waals surface area contributed by atoms with E-state index in [2.05, 4.69) is 82.9 Å². The van der Waals surface area contributed by atoms with Crippen molar-refractivity contribution in [2.24, 2.45) is 5.92 Å². The maximum absolute atomic E-state index is 4.01. The summed E-state index contributed by atoms with van der Waals surface area (Å²) in [7, 11) is 0. The van der Waals surface area contributed by atoms with Gasteiger partial charge in [0.1, 0.15) is 0 Å². The van der Waals surface area contributed by atoms with Gasteiger partial charge in [0.25, 0.3) is 0 Å². The molecule has 1 aliphatic rings. The maximum atomic E-state index is 4.01. The number of aromatic nitrogens is 1. The van der Waals surface area contributed by atoms with Crippen molar-refractivity contribution < 1.29 is 0 Å². The molecule has 27 heavy (non-hydrogen) atoms. The van der Waals surface area contributed by atoms with Crippen LogP contribution >= 0.6 is 11.8 Å². The van der Waals surface area contributed by atoms with Gasteiger partial charge in [0.2, 0.25) is 0 Å². The van der Waals surface area contributed by atoms with Crippen LogP contribution in [0.1, 0.15) is 70.9 Å². The molecule has 3 rings (SSSR count). The van der Waals surface area contributed by atoms with Crippen LogP contribution in [0.15, 0.2) is 66.5 Å². The second kappa shape index (κ2) is 13.6. The van der Waals surface area contributed by atoms with E-state index in [0.717, 1.165) is 5.92 Å². The number of pyridine rings is 1. The van der Waals surface area contributed by atoms with Gasteiger partial charge >= 0.3 is 0 Å². The lowest BCUT2D eigenvalue weighted by Gasteiger charge is -2.14. The van der Waals surface area contributed by atoms with E-state index in [0.29, 0.717) is 11.8 Å². The van der Waals surface area contributed by atoms with Crippen LogP contribution in [0.3, 0.4) is 0 Å². The predicted octanol–water partition coefficient (Wildman–Crippen LogP) is 7.72. The summed E-state index contributed by atoms with van der Waals surface area (Å²) in [6, 6.07) is 14.6. The van der Waals surface area contributed by atoms with E-state index < -0.39 is 0 Å². The summed E-state index contributed by atoms with van der Waals surface area (Å²) in [5.74, 6) is 4.62. The monoisotopic (exact) mass is 383 g/mol. The molecule has 2 aromatic rings. The van der Waals surface area contributed by atoms with Crippen LogP contribution in [0.4, 0.5) is 0 Å². The maximum Gasteiger partial charge on any atom is 0.0302 e. The van der Waals surface area contributed by atoms with Gasteiger partial charge in [-0.25, -0.2) is 0 Å². The van der Waals surface area contributed by atoms with Crippen molar-refractivity contribution in [1.82, 2.24) is 4.98 Å². The molecule has 0 spiro atoms. The molecule has 0 N–H and O–H groups in total. The zero-order valence-corrected chi connectivity index (χ0v) is 18.8. The molecule has 0 radical (unpaired) electrons. The van der Waals surface area contributed by atoms with Crippen LogP contribution in [-0.2, 0) is 0 Å². The van der Waals surface area contributed by atoms with Crippen LogP contribution in [0.5, 0.6) is 0 Å². The van der Waals surface area contributed by atoms with Gasteiger partial charge in [-0.3, -0.25) is 4.98 Å². The molecule has 148 valence electrons. The van der Waals surface area contributed by atoms with Gasteiger partial charge < -0.3 is 0 Å². The van der Waals surface area contributed by atoms with Gasteiger partial charge in [-0.2, -0.15) is 11.8 Å². The van der Waals surface area contributed by atoms with Gasteiger partial charge in [-0.05, 0) is 47.1 Å². The molecule has 0 saturated heterocycles. The molecule has 0 aliphatic carbocycles. The van der Waals surface area contributed by atoms with Gasteiger partial charge in [0.15, 0.2) is 0 Å². The van der Waals surface area contributed by atoms with Crippen LogP contribution in [0, 0.1) is 5.92 Å². The lowest BCUT2D eigenvalue weighted by Crippen LogP contribution is -2.01. The van der Waals surface area contributed by atoms with Gasteiger partial charge in [-0.1, -0.05) is 89.6 Å². The Balaban J connectivity index is 0.000000202. The van der Waals surface area contributed by atoms with Crippen LogP contribution in [0.25, 0.3) is 0 Å². The first-order valence-electron chi connectivity index (χ1n) is 10.1. The molecular formula is C25H37NS. The summed E-state index contributed by atoms with van der Waals surface area (Å²) >= 11 is 2.04. The SMILES string of the molecule is CC(C)C1=CCSCC1.CC(C)c1ccccc1.CC(C)c1cccnc1. The first-order chi connectivity index (χ1) is 12.9. The van der Waals surface area contributed by atoms with Crippen LogP contribution < -0.4 is 0 Å². The molecule has 0 bridgehead atoms. The smallest absolute Gasteiger partial charge is 0.0302 e. The highest BCUT2D eigenvalue weighted by atomic mass is 32.2. The number of rotatable bonds is 3. The Bertz CT molecular complexity index is 586. The minimum atomic E-state index is 0.596. The summed E-state index contributed by atoms with van der Waals surface area (Å²) < 4.78 is 0. The Morgan fingerprint density at radius 1 is 0.778 bits per heavy atom. The fourth-order valence-corrected chi connectivity index (χ4v) is 3.50. The standard InChI is InChI=1S/C9H12.C8H11N.C8H14S/c1-8(2)9-6-4-3-5-7-9;1-7(2)8-4-3-5-9-6-8;1-7(2)8-3-5-9-6-4-8/h3-8H,1-2H3;3-7H,1-2H3;3,7H,4-6H2,1-2H3. The molecular weight excluding hydrogens is 346 g/mol. The number of benzene rings is 1. The zero-order valence-electron chi connectivity index (χ0n) is 18.0. The third-order valence-corrected chi connectivity index (χ3v) is 5.45. The lowest BCUT2D eigenvalue weighted by molar-refractivity contribution is 0.730. The fourth-order valence-electron chi connectivity index (χ4n) is 2.62. The number of hydrogen-bond donors (Lipinski definition) is 0. The van der Waals surface area contributed by atoms with Crippen molar-refractivity contribution in [2.75, 3.05) is 11.5 Å². The average molecular weight is 384 g/mol. The van der Waals surface area contributed by atoms with Crippen LogP contribution in [0.2, 0.25) is 0 Å². The Morgan fingerprint density at radius 3 is 1.74 bits per heavy atom. The van der Waals surface area contributed by atoms with Gasteiger partial charge in [0.05, 0.1) is 0 Å². The first-order valence-corrected chi connectivity index (χ1v) is 11.3. The summed E-state index contributed by atoms with van der Waals surface area (Å²) in [4.78, 5) is 4.01. The third-order valence-electron chi connectivity index (χ3n) is 4.56. The van der Waals surface area contributed by atoms with E-state index in [1.807, 2.05) is 30.1 Å². The van der Waals surface area contributed by atoms with Gasteiger partial charge in [0, 0.05) is 18.1 Å². The van der Waals surface area contributed by atoms with E-state index >= 15 is 0 Å². The van der Waals surface area contributed by atoms with Crippen molar-refractivity contribution in [2.45, 2.75) is 59.8 Å². The largest absolute Gasteiger partial charge is 0.264 e. The molecule has 1 aromatic heterocycles. The van der Waals surface area contributed by atoms with E-state index in [1.165, 1.54) is 29.1 Å². The summed E-state index contributed by atoms with van der Waals surface area (Å²) in [6.07, 6.45) is 7.41. The highest BCUT2D eigenvalue weighted by Gasteiger charge is 2.05. The van der Waals surface area contributed by atoms with Gasteiger partial charge in [-0.15, -0.1) is 0 Å². The number of hydrogen-bond acceptors (Lipinski definition) is 2. The molecule has 0 saturated carbocycles. The highest BCUT2D eigenvalue weighted by Crippen LogP contribution is 2.22. The summed E-state index contributed by atoms with van der Waals surface area (Å²) in [5, 5.41) is 0. The fraction of sp³-hybridized carbons (Fsp3) is 0.480. The quantitative estimate of drug-likeness (QED) is 0.503. The van der Waals surface area contributed by atoms with Crippen molar-refractivity contribution in [3.05, 3.63) is 77.6 Å². The van der Waals surface area contributed by atoms with Crippen molar-refractivity contribution >= 4 is 11.8 Å². The zero-order chi connectivity index (χ0) is 20.1. The van der Waals surface area contributed by atoms with Crippen molar-refractivity contribution in [3.8, 4) is 0 Å². The third kappa shape index (κ3) is 10.4. The summed E-state index contributed by atoms with van der Waals surface area (Å²) in [5.41, 5.74) is 4.38. The second-order valence-electron chi connectivity index (χ2n) is 7.77. The molecule has 0 fully saturated rings. The molecule has 0 amide bonds. The van der Waals surface area contributed by atoms with Crippen LogP contribution in [-0.4, -0.2) is 16.5 Å². The molecule has 1 nitrogen and oxygen atoms in total. The second-order valence-corrected chi connectivity index (χ2v) is 8.91. The molecule has 1 aliphatic heterocycles. The number of thioether (sulfide) groups is 1. The topological polar surface area (TPSA) is 12.9 Å². The van der Waals surface area contributed by atoms with E-state index in [1.54, 1.807) is 11.8 Å². The molecule has 0 unspecified atom stereocenters. The van der Waals surface area contributed by atoms with E-state index in [-0.39, 0.29) is 0 Å². The Labute approximate surface area is 171 Å². The van der Waals surface area contributed by atoms with E-state index in [9.17, 15) is 0 Å². The Hall–Kier alpha value is -1.54. The predicted molar refractivity (Wildman–Crippen MR) is 124 cm³/mol. The molecule has 2 heterocycles.